The maximum absolute atomic E-state index is 15.7. The predicted molar refractivity (Wildman–Crippen MR) is 289 cm³/mol. The van der Waals surface area contributed by atoms with Gasteiger partial charge in [-0.25, -0.2) is 22.8 Å². The Morgan fingerprint density at radius 3 is 2.34 bits per heavy atom. The average Bonchev–Trinajstić information content (AvgIpc) is 3.98. The number of nitrogens with zero attached hydrogens (tertiary/aromatic N) is 8. The summed E-state index contributed by atoms with van der Waals surface area (Å²) in [5.41, 5.74) is 5.88. The van der Waals surface area contributed by atoms with Gasteiger partial charge in [-0.2, -0.15) is 4.98 Å². The van der Waals surface area contributed by atoms with Crippen molar-refractivity contribution in [2.75, 3.05) is 92.0 Å². The zero-order chi connectivity index (χ0) is 52.9. The molecule has 8 rings (SSSR count). The molecule has 3 aliphatic rings. The van der Waals surface area contributed by atoms with Gasteiger partial charge in [0.15, 0.2) is 5.82 Å². The molecule has 5 aromatic rings. The number of β-amino-alcohol motifs (C(OH)–C–C–N with tert-alkyl or cyclic N) is 1. The maximum atomic E-state index is 15.7. The minimum atomic E-state index is -3.54. The van der Waals surface area contributed by atoms with Crippen molar-refractivity contribution in [3.63, 3.8) is 0 Å². The number of amides is 3. The summed E-state index contributed by atoms with van der Waals surface area (Å²) in [4.78, 5) is 63.6. The van der Waals surface area contributed by atoms with Crippen LogP contribution >= 0.6 is 22.9 Å². The average molecular weight is 1070 g/mol. The number of aryl methyl sites for hydroxylation is 1. The van der Waals surface area contributed by atoms with Gasteiger partial charge >= 0.3 is 0 Å². The van der Waals surface area contributed by atoms with Gasteiger partial charge in [0.2, 0.25) is 33.7 Å². The summed E-state index contributed by atoms with van der Waals surface area (Å²) in [6.07, 6.45) is 3.60. The highest BCUT2D eigenvalue weighted by Crippen LogP contribution is 2.34. The lowest BCUT2D eigenvalue weighted by atomic mass is 9.85. The van der Waals surface area contributed by atoms with Crippen LogP contribution in [0.5, 0.6) is 0 Å². The normalized spacial score (nSPS) is 18.5. The number of halogens is 2. The van der Waals surface area contributed by atoms with Gasteiger partial charge in [0, 0.05) is 65.0 Å². The molecule has 74 heavy (non-hydrogen) atoms. The lowest BCUT2D eigenvalue weighted by Crippen LogP contribution is -2.59. The summed E-state index contributed by atoms with van der Waals surface area (Å²) in [6, 6.07) is 17.9. The van der Waals surface area contributed by atoms with E-state index in [4.69, 9.17) is 11.6 Å². The summed E-state index contributed by atoms with van der Waals surface area (Å²) in [5.74, 6) is -0.550. The fourth-order valence-electron chi connectivity index (χ4n) is 9.70. The Kier molecular flexibility index (Phi) is 17.1. The molecule has 22 heteroatoms. The maximum Gasteiger partial charge on any atom is 0.246 e. The molecule has 0 bridgehead atoms. The van der Waals surface area contributed by atoms with Crippen LogP contribution in [0.3, 0.4) is 0 Å². The number of carbonyl (C=O) groups excluding carboxylic acids is 3. The van der Waals surface area contributed by atoms with Gasteiger partial charge in [-0.3, -0.25) is 28.5 Å². The molecule has 18 nitrogen and oxygen atoms in total. The van der Waals surface area contributed by atoms with Crippen molar-refractivity contribution in [1.82, 2.24) is 40.3 Å². The van der Waals surface area contributed by atoms with E-state index in [0.717, 1.165) is 77.8 Å². The van der Waals surface area contributed by atoms with Crippen LogP contribution in [-0.4, -0.2) is 151 Å². The standard InChI is InChI=1S/C52H66ClFN12O6S2/c1-33-46(73-32-57-33)36-13-11-34(12-14-36)27-55-49(69)44-26-38(67)30-66(44)50(70)47(52(2,3)4)60-45(68)31-63-19-17-35(18-20-63)29-64-21-23-65(24-22-64)42-16-15-37(25-40(42)54)58-51-56-28-39(53)48(61-51)59-41-9-7-8-10-43(41)62(5)74(6,71)72/h7-16,25,28,32,35,38,44,47,67H,17-24,26-27,29-31H2,1-6H3,(H,55,69)(H,60,68)(H2,56,58,59,61)/t38-,44+,47?/m1/s1. The summed E-state index contributed by atoms with van der Waals surface area (Å²) in [5, 5.41) is 23.0. The van der Waals surface area contributed by atoms with Crippen LogP contribution in [0.1, 0.15) is 51.3 Å². The Balaban J connectivity index is 0.772. The molecule has 0 saturated carbocycles. The molecule has 396 valence electrons. The van der Waals surface area contributed by atoms with Crippen molar-refractivity contribution in [2.45, 2.75) is 71.7 Å². The number of anilines is 6. The van der Waals surface area contributed by atoms with Crippen molar-refractivity contribution in [3.8, 4) is 10.4 Å². The smallest absolute Gasteiger partial charge is 0.246 e. The second-order valence-corrected chi connectivity index (χ2v) is 23.8. The van der Waals surface area contributed by atoms with Crippen LogP contribution in [0.25, 0.3) is 10.4 Å². The second-order valence-electron chi connectivity index (χ2n) is 20.5. The van der Waals surface area contributed by atoms with Gasteiger partial charge in [-0.1, -0.05) is 68.8 Å². The molecule has 0 radical (unpaired) electrons. The summed E-state index contributed by atoms with van der Waals surface area (Å²) in [6.45, 7) is 13.3. The number of piperazine rings is 1. The third kappa shape index (κ3) is 13.5. The molecule has 5 heterocycles. The minimum absolute atomic E-state index is 0.00500. The molecular formula is C52H66ClFN12O6S2. The Morgan fingerprint density at radius 2 is 1.68 bits per heavy atom. The van der Waals surface area contributed by atoms with Crippen LogP contribution in [0.2, 0.25) is 5.02 Å². The van der Waals surface area contributed by atoms with Crippen LogP contribution in [0, 0.1) is 24.1 Å². The second kappa shape index (κ2) is 23.3. The summed E-state index contributed by atoms with van der Waals surface area (Å²) in [7, 11) is -2.08. The highest BCUT2D eigenvalue weighted by Gasteiger charge is 2.44. The van der Waals surface area contributed by atoms with Crippen LogP contribution in [-0.2, 0) is 31.0 Å². The number of aliphatic hydroxyl groups excluding tert-OH is 1. The Labute approximate surface area is 441 Å². The molecule has 1 unspecified atom stereocenters. The molecule has 3 aromatic carbocycles. The van der Waals surface area contributed by atoms with E-state index in [0.29, 0.717) is 41.8 Å². The largest absolute Gasteiger partial charge is 0.391 e. The number of thiazole rings is 1. The first-order chi connectivity index (χ1) is 35.2. The van der Waals surface area contributed by atoms with E-state index in [1.807, 2.05) is 62.4 Å². The number of hydrogen-bond acceptors (Lipinski definition) is 15. The van der Waals surface area contributed by atoms with Crippen molar-refractivity contribution >= 4 is 85.2 Å². The quantitative estimate of drug-likeness (QED) is 0.0701. The van der Waals surface area contributed by atoms with Crippen LogP contribution in [0.4, 0.5) is 38.9 Å². The number of para-hydroxylation sites is 2. The van der Waals surface area contributed by atoms with Crippen molar-refractivity contribution in [1.29, 1.82) is 0 Å². The predicted octanol–water partition coefficient (Wildman–Crippen LogP) is 6.23. The number of nitrogens with one attached hydrogen (secondary N) is 4. The summed E-state index contributed by atoms with van der Waals surface area (Å²) < 4.78 is 41.4. The Hall–Kier alpha value is -5.97. The number of piperidine rings is 1. The monoisotopic (exact) mass is 1070 g/mol. The Bertz CT molecular complexity index is 2910. The van der Waals surface area contributed by atoms with E-state index in [1.165, 1.54) is 24.2 Å². The molecule has 5 N–H and O–H groups in total. The SMILES string of the molecule is Cc1ncsc1-c1ccc(CNC(=O)[C@@H]2C[C@@H](O)CN2C(=O)C(NC(=O)CN2CCC(CN3CCN(c4ccc(Nc5ncc(Cl)c(Nc6ccccc6N(C)S(C)(=O)=O)n5)cc4F)CC3)CC2)C(C)(C)C)cc1. The fourth-order valence-corrected chi connectivity index (χ4v) is 11.2. The number of carbonyl (C=O) groups is 3. The van der Waals surface area contributed by atoms with Crippen molar-refractivity contribution < 1.29 is 32.3 Å². The molecule has 3 saturated heterocycles. The van der Waals surface area contributed by atoms with E-state index in [2.05, 4.69) is 46.0 Å². The van der Waals surface area contributed by atoms with E-state index in [9.17, 15) is 27.9 Å². The van der Waals surface area contributed by atoms with Crippen LogP contribution < -0.4 is 30.5 Å². The minimum Gasteiger partial charge on any atom is -0.391 e. The van der Waals surface area contributed by atoms with E-state index in [-0.39, 0.29) is 60.5 Å². The van der Waals surface area contributed by atoms with Gasteiger partial charge in [0.1, 0.15) is 22.9 Å². The van der Waals surface area contributed by atoms with Gasteiger partial charge in [-0.15, -0.1) is 11.3 Å². The lowest BCUT2D eigenvalue weighted by molar-refractivity contribution is -0.144. The first-order valence-electron chi connectivity index (χ1n) is 24.8. The topological polar surface area (TPSA) is 209 Å². The van der Waals surface area contributed by atoms with Gasteiger partial charge in [0.25, 0.3) is 0 Å². The van der Waals surface area contributed by atoms with Crippen LogP contribution in [0.15, 0.2) is 78.4 Å². The zero-order valence-corrected chi connectivity index (χ0v) is 45.0. The van der Waals surface area contributed by atoms with Crippen molar-refractivity contribution in [2.24, 2.45) is 11.3 Å². The first kappa shape index (κ1) is 54.3. The fraction of sp³-hybridized carbons (Fsp3) is 0.462. The van der Waals surface area contributed by atoms with E-state index >= 15 is 4.39 Å². The third-order valence-corrected chi connectivity index (χ3v) is 16.4. The number of sulfonamides is 1. The number of hydrogen-bond donors (Lipinski definition) is 5. The zero-order valence-electron chi connectivity index (χ0n) is 42.6. The van der Waals surface area contributed by atoms with Gasteiger partial charge < -0.3 is 36.2 Å². The molecular weight excluding hydrogens is 1010 g/mol. The van der Waals surface area contributed by atoms with E-state index < -0.39 is 39.5 Å². The third-order valence-electron chi connectivity index (χ3n) is 14.0. The Morgan fingerprint density at radius 1 is 0.959 bits per heavy atom. The molecule has 3 atom stereocenters. The number of aromatic nitrogens is 3. The highest BCUT2D eigenvalue weighted by atomic mass is 35.5. The number of likely N-dealkylation sites (tertiary alicyclic amines) is 2. The molecule has 3 amide bonds. The number of aliphatic hydroxyl groups is 1. The van der Waals surface area contributed by atoms with E-state index in [1.54, 1.807) is 47.7 Å². The van der Waals surface area contributed by atoms with Gasteiger partial charge in [-0.05, 0) is 85.6 Å². The van der Waals surface area contributed by atoms with Gasteiger partial charge in [0.05, 0.1) is 58.2 Å². The molecule has 3 aliphatic heterocycles. The molecule has 0 spiro atoms. The highest BCUT2D eigenvalue weighted by molar-refractivity contribution is 7.92. The number of benzene rings is 3. The molecule has 0 aliphatic carbocycles. The molecule has 3 fully saturated rings. The lowest BCUT2D eigenvalue weighted by Gasteiger charge is -2.40. The number of rotatable bonds is 17. The van der Waals surface area contributed by atoms with Crippen molar-refractivity contribution in [3.05, 3.63) is 101 Å². The summed E-state index contributed by atoms with van der Waals surface area (Å²) >= 11 is 8.00. The molecule has 2 aromatic heterocycles. The first-order valence-corrected chi connectivity index (χ1v) is 27.9.